The van der Waals surface area contributed by atoms with Gasteiger partial charge in [0.1, 0.15) is 5.82 Å². The minimum atomic E-state index is -0.168. The van der Waals surface area contributed by atoms with Gasteiger partial charge in [-0.05, 0) is 70.1 Å². The number of hydrogen-bond acceptors (Lipinski definition) is 4. The summed E-state index contributed by atoms with van der Waals surface area (Å²) in [6.45, 7) is 6.85. The van der Waals surface area contributed by atoms with Gasteiger partial charge in [0.2, 0.25) is 0 Å². The molecule has 8 heteroatoms. The van der Waals surface area contributed by atoms with E-state index in [1.807, 2.05) is 18.2 Å². The van der Waals surface area contributed by atoms with Crippen LogP contribution in [0.4, 0.5) is 0 Å². The van der Waals surface area contributed by atoms with Crippen LogP contribution in [0.3, 0.4) is 0 Å². The molecule has 180 valence electrons. The van der Waals surface area contributed by atoms with Crippen LogP contribution in [0.15, 0.2) is 49.2 Å². The maximum Gasteiger partial charge on any atom is 0.282 e. The zero-order valence-electron chi connectivity index (χ0n) is 19.6. The van der Waals surface area contributed by atoms with Gasteiger partial charge < -0.3 is 4.74 Å². The molecule has 0 N–H and O–H groups in total. The average Bonchev–Trinajstić information content (AvgIpc) is 2.78. The molecule has 1 aliphatic rings. The van der Waals surface area contributed by atoms with Crippen LogP contribution < -0.4 is 10.3 Å². The molecule has 1 saturated carbocycles. The molecule has 3 aromatic rings. The number of fused-ring (bicyclic) bond motifs is 1. The third-order valence-electron chi connectivity index (χ3n) is 5.80. The lowest BCUT2D eigenvalue weighted by molar-refractivity contribution is 0.197. The van der Waals surface area contributed by atoms with Gasteiger partial charge in [-0.2, -0.15) is 9.78 Å². The number of aromatic nitrogens is 2. The summed E-state index contributed by atoms with van der Waals surface area (Å²) in [5.41, 5.74) is 1.30. The summed E-state index contributed by atoms with van der Waals surface area (Å²) in [7, 11) is 0. The van der Waals surface area contributed by atoms with Crippen LogP contribution in [-0.2, 0) is 0 Å². The number of ether oxygens (including phenoxy) is 1. The van der Waals surface area contributed by atoms with E-state index in [0.29, 0.717) is 28.3 Å². The van der Waals surface area contributed by atoms with Gasteiger partial charge in [-0.25, -0.2) is 4.98 Å². The van der Waals surface area contributed by atoms with Crippen LogP contribution in [0.2, 0.25) is 5.02 Å². The van der Waals surface area contributed by atoms with Gasteiger partial charge in [-0.1, -0.05) is 67.6 Å². The van der Waals surface area contributed by atoms with Gasteiger partial charge in [0.05, 0.1) is 33.2 Å². The molecule has 34 heavy (non-hydrogen) atoms. The SMILES string of the molecule is CC(C)(C)COc1c(Cl)cc(C=Nn2c(C3CCCCC3)nc3ccc(Br)cc3c2=O)cc1Br. The van der Waals surface area contributed by atoms with Crippen molar-refractivity contribution in [2.45, 2.75) is 58.8 Å². The summed E-state index contributed by atoms with van der Waals surface area (Å²) < 4.78 is 8.98. The first-order chi connectivity index (χ1) is 16.1. The highest BCUT2D eigenvalue weighted by molar-refractivity contribution is 9.10. The highest BCUT2D eigenvalue weighted by atomic mass is 79.9. The minimum Gasteiger partial charge on any atom is -0.490 e. The molecule has 0 bridgehead atoms. The van der Waals surface area contributed by atoms with Gasteiger partial charge in [-0.3, -0.25) is 4.79 Å². The Morgan fingerprint density at radius 1 is 1.18 bits per heavy atom. The minimum absolute atomic E-state index is 0.0116. The standard InChI is InChI=1S/C26H28Br2ClN3O2/c1-26(2,3)15-34-23-20(28)11-16(12-21(23)29)14-30-32-24(17-7-5-4-6-8-17)31-22-10-9-18(27)13-19(22)25(32)33/h9-14,17H,4-8,15H2,1-3H3. The van der Waals surface area contributed by atoms with Crippen molar-refractivity contribution in [3.63, 3.8) is 0 Å². The molecule has 0 saturated heterocycles. The largest absolute Gasteiger partial charge is 0.490 e. The normalized spacial score (nSPS) is 15.4. The quantitative estimate of drug-likeness (QED) is 0.276. The van der Waals surface area contributed by atoms with Crippen molar-refractivity contribution in [3.05, 3.63) is 66.0 Å². The average molecular weight is 610 g/mol. The van der Waals surface area contributed by atoms with Crippen LogP contribution >= 0.6 is 43.5 Å². The van der Waals surface area contributed by atoms with Crippen LogP contribution in [0.1, 0.15) is 70.2 Å². The highest BCUT2D eigenvalue weighted by Gasteiger charge is 2.22. The number of nitrogens with zero attached hydrogens (tertiary/aromatic N) is 3. The van der Waals surface area contributed by atoms with Crippen molar-refractivity contribution >= 4 is 60.6 Å². The molecule has 5 nitrogen and oxygen atoms in total. The lowest BCUT2D eigenvalue weighted by atomic mass is 9.88. The molecule has 0 radical (unpaired) electrons. The van der Waals surface area contributed by atoms with Crippen molar-refractivity contribution in [1.82, 2.24) is 9.66 Å². The number of hydrogen-bond donors (Lipinski definition) is 0. The number of halogens is 3. The summed E-state index contributed by atoms with van der Waals surface area (Å²) >= 11 is 13.6. The molecule has 1 heterocycles. The highest BCUT2D eigenvalue weighted by Crippen LogP contribution is 2.35. The third-order valence-corrected chi connectivity index (χ3v) is 7.16. The molecule has 0 atom stereocenters. The summed E-state index contributed by atoms with van der Waals surface area (Å²) in [5.74, 6) is 1.55. The lowest BCUT2D eigenvalue weighted by Gasteiger charge is -2.22. The van der Waals surface area contributed by atoms with Crippen molar-refractivity contribution in [3.8, 4) is 5.75 Å². The Kier molecular flexibility index (Phi) is 7.85. The van der Waals surface area contributed by atoms with Crippen molar-refractivity contribution < 1.29 is 4.74 Å². The predicted octanol–water partition coefficient (Wildman–Crippen LogP) is 7.93. The molecule has 4 rings (SSSR count). The van der Waals surface area contributed by atoms with Crippen LogP contribution in [0.25, 0.3) is 10.9 Å². The number of benzene rings is 2. The summed E-state index contributed by atoms with van der Waals surface area (Å²) in [5, 5.41) is 5.63. The van der Waals surface area contributed by atoms with E-state index in [-0.39, 0.29) is 16.9 Å². The number of rotatable bonds is 5. The molecule has 1 aromatic heterocycles. The van der Waals surface area contributed by atoms with E-state index in [2.05, 4.69) is 57.7 Å². The first-order valence-corrected chi connectivity index (χ1v) is 13.5. The van der Waals surface area contributed by atoms with E-state index in [1.54, 1.807) is 18.3 Å². The predicted molar refractivity (Wildman–Crippen MR) is 147 cm³/mol. The summed E-state index contributed by atoms with van der Waals surface area (Å²) in [6, 6.07) is 9.29. The zero-order valence-corrected chi connectivity index (χ0v) is 23.5. The van der Waals surface area contributed by atoms with E-state index in [0.717, 1.165) is 46.0 Å². The first-order valence-electron chi connectivity index (χ1n) is 11.5. The molecule has 1 fully saturated rings. The Bertz CT molecular complexity index is 1270. The van der Waals surface area contributed by atoms with Gasteiger partial charge in [0, 0.05) is 10.4 Å². The Labute approximate surface area is 221 Å². The van der Waals surface area contributed by atoms with Gasteiger partial charge in [0.25, 0.3) is 5.56 Å². The molecule has 2 aromatic carbocycles. The molecular formula is C26H28Br2ClN3O2. The first kappa shape index (κ1) is 25.4. The fraction of sp³-hybridized carbons (Fsp3) is 0.423. The van der Waals surface area contributed by atoms with Crippen LogP contribution in [0, 0.1) is 5.41 Å². The molecule has 0 amide bonds. The van der Waals surface area contributed by atoms with Gasteiger partial charge in [-0.15, -0.1) is 0 Å². The van der Waals surface area contributed by atoms with E-state index in [1.165, 1.54) is 11.1 Å². The van der Waals surface area contributed by atoms with Crippen molar-refractivity contribution in [2.24, 2.45) is 10.5 Å². The topological polar surface area (TPSA) is 56.5 Å². The van der Waals surface area contributed by atoms with Crippen molar-refractivity contribution in [1.29, 1.82) is 0 Å². The fourth-order valence-electron chi connectivity index (χ4n) is 4.11. The second-order valence-electron chi connectivity index (χ2n) is 9.99. The molecular weight excluding hydrogens is 582 g/mol. The lowest BCUT2D eigenvalue weighted by Crippen LogP contribution is -2.25. The summed E-state index contributed by atoms with van der Waals surface area (Å²) in [6.07, 6.45) is 7.19. The molecule has 0 spiro atoms. The Morgan fingerprint density at radius 2 is 1.91 bits per heavy atom. The molecule has 1 aliphatic carbocycles. The Hall–Kier alpha value is -1.70. The van der Waals surface area contributed by atoms with E-state index < -0.39 is 0 Å². The second-order valence-corrected chi connectivity index (χ2v) is 12.2. The maximum atomic E-state index is 13.5. The van der Waals surface area contributed by atoms with Gasteiger partial charge in [0.15, 0.2) is 5.75 Å². The zero-order chi connectivity index (χ0) is 24.5. The maximum absolute atomic E-state index is 13.5. The summed E-state index contributed by atoms with van der Waals surface area (Å²) in [4.78, 5) is 18.3. The monoisotopic (exact) mass is 607 g/mol. The van der Waals surface area contributed by atoms with Gasteiger partial charge >= 0.3 is 0 Å². The van der Waals surface area contributed by atoms with E-state index >= 15 is 0 Å². The van der Waals surface area contributed by atoms with E-state index in [4.69, 9.17) is 21.3 Å². The molecule has 0 aliphatic heterocycles. The second kappa shape index (κ2) is 10.5. The van der Waals surface area contributed by atoms with Crippen LogP contribution in [-0.4, -0.2) is 22.5 Å². The van der Waals surface area contributed by atoms with Crippen LogP contribution in [0.5, 0.6) is 5.75 Å². The Morgan fingerprint density at radius 3 is 2.59 bits per heavy atom. The fourth-order valence-corrected chi connectivity index (χ4v) is 5.46. The van der Waals surface area contributed by atoms with E-state index in [9.17, 15) is 4.79 Å². The van der Waals surface area contributed by atoms with Crippen molar-refractivity contribution in [2.75, 3.05) is 6.61 Å². The molecule has 0 unspecified atom stereocenters. The Balaban J connectivity index is 1.74. The smallest absolute Gasteiger partial charge is 0.282 e. The third kappa shape index (κ3) is 5.92.